The van der Waals surface area contributed by atoms with Gasteiger partial charge in [-0.25, -0.2) is 4.79 Å². The summed E-state index contributed by atoms with van der Waals surface area (Å²) in [6.07, 6.45) is 0. The van der Waals surface area contributed by atoms with Crippen molar-refractivity contribution in [3.63, 3.8) is 0 Å². The average Bonchev–Trinajstić information content (AvgIpc) is 2.71. The van der Waals surface area contributed by atoms with E-state index < -0.39 is 5.97 Å². The van der Waals surface area contributed by atoms with Crippen LogP contribution in [0.4, 0.5) is 0 Å². The normalized spacial score (nSPS) is 10.5. The van der Waals surface area contributed by atoms with E-state index in [1.165, 1.54) is 0 Å². The molecule has 0 aliphatic heterocycles. The zero-order chi connectivity index (χ0) is 13.1. The molecule has 1 heterocycles. The number of carboxylic acid groups (broad SMARTS) is 1. The number of ether oxygens (including phenoxy) is 1. The summed E-state index contributed by atoms with van der Waals surface area (Å²) in [5, 5.41) is 9.73. The second-order valence-electron chi connectivity index (χ2n) is 4.39. The van der Waals surface area contributed by atoms with Gasteiger partial charge in [-0.1, -0.05) is 0 Å². The first-order chi connectivity index (χ1) is 8.56. The highest BCUT2D eigenvalue weighted by Gasteiger charge is 2.07. The van der Waals surface area contributed by atoms with Crippen molar-refractivity contribution in [1.82, 2.24) is 9.88 Å². The van der Waals surface area contributed by atoms with Gasteiger partial charge in [0.1, 0.15) is 18.1 Å². The van der Waals surface area contributed by atoms with Crippen molar-refractivity contribution >= 4 is 29.3 Å². The molecule has 0 saturated carbocycles. The van der Waals surface area contributed by atoms with E-state index in [0.717, 1.165) is 23.2 Å². The van der Waals surface area contributed by atoms with E-state index >= 15 is 0 Å². The van der Waals surface area contributed by atoms with Gasteiger partial charge >= 0.3 is 5.97 Å². The number of carbonyl (C=O) groups is 1. The fourth-order valence-electron chi connectivity index (χ4n) is 1.66. The first-order valence-electron chi connectivity index (χ1n) is 5.70. The van der Waals surface area contributed by atoms with Gasteiger partial charge in [0, 0.05) is 17.4 Å². The predicted octanol–water partition coefficient (Wildman–Crippen LogP) is 2.23. The Kier molecular flexibility index (Phi) is 5.20. The smallest absolute Gasteiger partial charge is 0.352 e. The number of rotatable bonds is 5. The van der Waals surface area contributed by atoms with Gasteiger partial charge in [0.05, 0.1) is 0 Å². The summed E-state index contributed by atoms with van der Waals surface area (Å²) in [7, 11) is 3.97. The van der Waals surface area contributed by atoms with Crippen molar-refractivity contribution in [2.45, 2.75) is 0 Å². The summed E-state index contributed by atoms with van der Waals surface area (Å²) in [6, 6.07) is 7.11. The lowest BCUT2D eigenvalue weighted by molar-refractivity contribution is 0.0691. The summed E-state index contributed by atoms with van der Waals surface area (Å²) in [6.45, 7) is 1.44. The van der Waals surface area contributed by atoms with Crippen molar-refractivity contribution in [2.75, 3.05) is 27.2 Å². The minimum absolute atomic E-state index is 0. The van der Waals surface area contributed by atoms with Crippen LogP contribution in [0.15, 0.2) is 24.3 Å². The van der Waals surface area contributed by atoms with Crippen LogP contribution in [0.2, 0.25) is 0 Å². The maximum atomic E-state index is 10.8. The fourth-order valence-corrected chi connectivity index (χ4v) is 1.66. The van der Waals surface area contributed by atoms with Crippen LogP contribution in [-0.4, -0.2) is 48.2 Å². The van der Waals surface area contributed by atoms with E-state index in [9.17, 15) is 4.79 Å². The Hall–Kier alpha value is -1.72. The number of H-pyrrole nitrogens is 1. The van der Waals surface area contributed by atoms with E-state index in [4.69, 9.17) is 9.84 Å². The van der Waals surface area contributed by atoms with Crippen LogP contribution in [-0.2, 0) is 0 Å². The van der Waals surface area contributed by atoms with Crippen molar-refractivity contribution in [1.29, 1.82) is 0 Å². The summed E-state index contributed by atoms with van der Waals surface area (Å²) < 4.78 is 5.59. The van der Waals surface area contributed by atoms with Gasteiger partial charge in [-0.05, 0) is 38.4 Å². The molecule has 0 bridgehead atoms. The van der Waals surface area contributed by atoms with Gasteiger partial charge in [-0.15, -0.1) is 12.4 Å². The van der Waals surface area contributed by atoms with Gasteiger partial charge < -0.3 is 19.7 Å². The molecule has 1 aromatic heterocycles. The monoisotopic (exact) mass is 284 g/mol. The lowest BCUT2D eigenvalue weighted by Crippen LogP contribution is -2.19. The molecule has 2 N–H and O–H groups in total. The summed E-state index contributed by atoms with van der Waals surface area (Å²) in [5.74, 6) is -0.207. The molecule has 0 amide bonds. The van der Waals surface area contributed by atoms with Crippen LogP contribution in [0.25, 0.3) is 10.9 Å². The minimum atomic E-state index is -0.957. The van der Waals surface area contributed by atoms with E-state index in [1.807, 2.05) is 37.2 Å². The topological polar surface area (TPSA) is 65.6 Å². The molecule has 5 nitrogen and oxygen atoms in total. The van der Waals surface area contributed by atoms with E-state index in [1.54, 1.807) is 6.07 Å². The predicted molar refractivity (Wildman–Crippen MR) is 76.6 cm³/mol. The van der Waals surface area contributed by atoms with Crippen LogP contribution in [0.5, 0.6) is 5.75 Å². The van der Waals surface area contributed by atoms with Gasteiger partial charge in [0.15, 0.2) is 0 Å². The molecule has 6 heteroatoms. The zero-order valence-electron chi connectivity index (χ0n) is 10.8. The number of fused-ring (bicyclic) bond motifs is 1. The molecule has 0 atom stereocenters. The molecule has 104 valence electrons. The number of nitrogens with zero attached hydrogens (tertiary/aromatic N) is 1. The Bertz CT molecular complexity index is 566. The van der Waals surface area contributed by atoms with Gasteiger partial charge in [0.25, 0.3) is 0 Å². The molecule has 2 rings (SSSR count). The number of likely N-dealkylation sites (N-methyl/N-ethyl adjacent to an activating group) is 1. The second kappa shape index (κ2) is 6.45. The molecular formula is C13H17ClN2O3. The number of aromatic nitrogens is 1. The molecule has 2 aromatic rings. The Morgan fingerprint density at radius 1 is 1.37 bits per heavy atom. The quantitative estimate of drug-likeness (QED) is 0.884. The third-order valence-electron chi connectivity index (χ3n) is 2.63. The second-order valence-corrected chi connectivity index (χ2v) is 4.39. The first kappa shape index (κ1) is 15.3. The van der Waals surface area contributed by atoms with E-state index in [0.29, 0.717) is 6.61 Å². The van der Waals surface area contributed by atoms with Gasteiger partial charge in [-0.2, -0.15) is 0 Å². The lowest BCUT2D eigenvalue weighted by Gasteiger charge is -2.10. The lowest BCUT2D eigenvalue weighted by atomic mass is 10.2. The molecule has 19 heavy (non-hydrogen) atoms. The van der Waals surface area contributed by atoms with Crippen molar-refractivity contribution < 1.29 is 14.6 Å². The Balaban J connectivity index is 0.00000180. The number of aromatic amines is 1. The van der Waals surface area contributed by atoms with E-state index in [-0.39, 0.29) is 18.1 Å². The number of benzene rings is 1. The Labute approximate surface area is 117 Å². The third kappa shape index (κ3) is 3.87. The Morgan fingerprint density at radius 3 is 2.74 bits per heavy atom. The molecule has 0 fully saturated rings. The molecular weight excluding hydrogens is 268 g/mol. The summed E-state index contributed by atoms with van der Waals surface area (Å²) in [4.78, 5) is 15.7. The summed E-state index contributed by atoms with van der Waals surface area (Å²) in [5.41, 5.74) is 0.989. The van der Waals surface area contributed by atoms with Crippen molar-refractivity contribution in [3.05, 3.63) is 30.0 Å². The molecule has 0 spiro atoms. The van der Waals surface area contributed by atoms with Crippen LogP contribution < -0.4 is 4.74 Å². The molecule has 0 unspecified atom stereocenters. The van der Waals surface area contributed by atoms with Crippen molar-refractivity contribution in [2.24, 2.45) is 0 Å². The zero-order valence-corrected chi connectivity index (χ0v) is 11.7. The van der Waals surface area contributed by atoms with E-state index in [2.05, 4.69) is 4.98 Å². The maximum absolute atomic E-state index is 10.8. The number of hydrogen-bond donors (Lipinski definition) is 2. The van der Waals surface area contributed by atoms with Crippen LogP contribution in [0.3, 0.4) is 0 Å². The number of halogens is 1. The van der Waals surface area contributed by atoms with Gasteiger partial charge in [-0.3, -0.25) is 0 Å². The SMILES string of the molecule is CN(C)CCOc1ccc2[nH]c(C(=O)O)cc2c1.Cl. The Morgan fingerprint density at radius 2 is 2.11 bits per heavy atom. The molecule has 0 radical (unpaired) electrons. The van der Waals surface area contributed by atoms with Crippen LogP contribution in [0.1, 0.15) is 10.5 Å². The molecule has 0 aliphatic carbocycles. The van der Waals surface area contributed by atoms with Crippen LogP contribution >= 0.6 is 12.4 Å². The largest absolute Gasteiger partial charge is 0.492 e. The summed E-state index contributed by atoms with van der Waals surface area (Å²) >= 11 is 0. The standard InChI is InChI=1S/C13H16N2O3.ClH/c1-15(2)5-6-18-10-3-4-11-9(7-10)8-12(14-11)13(16)17;/h3-4,7-8,14H,5-6H2,1-2H3,(H,16,17);1H. The third-order valence-corrected chi connectivity index (χ3v) is 2.63. The minimum Gasteiger partial charge on any atom is -0.492 e. The number of aromatic carboxylic acids is 1. The van der Waals surface area contributed by atoms with Crippen molar-refractivity contribution in [3.8, 4) is 5.75 Å². The average molecular weight is 285 g/mol. The molecule has 0 aliphatic rings. The number of hydrogen-bond acceptors (Lipinski definition) is 3. The highest BCUT2D eigenvalue weighted by molar-refractivity contribution is 5.94. The molecule has 0 saturated heterocycles. The molecule has 1 aromatic carbocycles. The van der Waals surface area contributed by atoms with Gasteiger partial charge in [0.2, 0.25) is 0 Å². The maximum Gasteiger partial charge on any atom is 0.352 e. The fraction of sp³-hybridized carbons (Fsp3) is 0.308. The highest BCUT2D eigenvalue weighted by atomic mass is 35.5. The number of carboxylic acids is 1. The van der Waals surface area contributed by atoms with Crippen LogP contribution in [0, 0.1) is 0 Å². The highest BCUT2D eigenvalue weighted by Crippen LogP contribution is 2.21. The number of nitrogens with one attached hydrogen (secondary N) is 1. The first-order valence-corrected chi connectivity index (χ1v) is 5.70.